The van der Waals surface area contributed by atoms with E-state index in [0.717, 1.165) is 29.4 Å². The number of hydrogen-bond donors (Lipinski definition) is 1. The highest BCUT2D eigenvalue weighted by molar-refractivity contribution is 7.99. The highest BCUT2D eigenvalue weighted by Crippen LogP contribution is 2.25. The van der Waals surface area contributed by atoms with Crippen molar-refractivity contribution in [1.29, 1.82) is 0 Å². The first-order valence-electron chi connectivity index (χ1n) is 6.21. The van der Waals surface area contributed by atoms with Crippen LogP contribution in [0.2, 0.25) is 0 Å². The van der Waals surface area contributed by atoms with E-state index in [1.54, 1.807) is 11.8 Å². The second-order valence-corrected chi connectivity index (χ2v) is 5.46. The van der Waals surface area contributed by atoms with Gasteiger partial charge in [-0.1, -0.05) is 31.2 Å². The molecule has 0 fully saturated rings. The zero-order chi connectivity index (χ0) is 13.0. The number of nitrogen functional groups attached to an aromatic ring is 1. The first-order valence-corrected chi connectivity index (χ1v) is 7.19. The molecule has 0 aliphatic carbocycles. The summed E-state index contributed by atoms with van der Waals surface area (Å²) in [6.07, 6.45) is 3.01. The van der Waals surface area contributed by atoms with E-state index in [9.17, 15) is 0 Å². The molecule has 4 heteroatoms. The number of aromatic nitrogens is 2. The van der Waals surface area contributed by atoms with Gasteiger partial charge in [-0.25, -0.2) is 4.68 Å². The predicted molar refractivity (Wildman–Crippen MR) is 77.9 cm³/mol. The summed E-state index contributed by atoms with van der Waals surface area (Å²) in [5.74, 6) is 1.86. The quantitative estimate of drug-likeness (QED) is 0.840. The smallest absolute Gasteiger partial charge is 0.135 e. The van der Waals surface area contributed by atoms with Gasteiger partial charge in [0.2, 0.25) is 0 Å². The lowest BCUT2D eigenvalue weighted by Crippen LogP contribution is -2.07. The van der Waals surface area contributed by atoms with E-state index in [-0.39, 0.29) is 0 Å². The number of anilines is 1. The molecular formula is C14H19N3S. The third kappa shape index (κ3) is 2.88. The lowest BCUT2D eigenvalue weighted by Gasteiger charge is -2.07. The maximum Gasteiger partial charge on any atom is 0.135 e. The maximum atomic E-state index is 6.12. The summed E-state index contributed by atoms with van der Waals surface area (Å²) in [4.78, 5) is 1.09. The van der Waals surface area contributed by atoms with Crippen molar-refractivity contribution in [2.24, 2.45) is 0 Å². The van der Waals surface area contributed by atoms with Crippen LogP contribution in [0.1, 0.15) is 24.5 Å². The largest absolute Gasteiger partial charge is 0.383 e. The minimum Gasteiger partial charge on any atom is -0.383 e. The average Bonchev–Trinajstić information content (AvgIpc) is 2.71. The molecule has 2 rings (SSSR count). The third-order valence-electron chi connectivity index (χ3n) is 2.89. The fraction of sp³-hybridized carbons (Fsp3) is 0.357. The first kappa shape index (κ1) is 13.0. The standard InChI is InChI=1S/C14H19N3S/c1-3-8-18-13-9-16-17(14(13)15)10-12-7-5-4-6-11(12)2/h4-7,9H,3,8,10,15H2,1-2H3. The molecule has 0 aliphatic rings. The molecule has 0 unspecified atom stereocenters. The molecule has 2 N–H and O–H groups in total. The van der Waals surface area contributed by atoms with Crippen LogP contribution >= 0.6 is 11.8 Å². The molecule has 1 aromatic carbocycles. The maximum absolute atomic E-state index is 6.12. The van der Waals surface area contributed by atoms with E-state index in [4.69, 9.17) is 5.73 Å². The van der Waals surface area contributed by atoms with Crippen LogP contribution in [0.3, 0.4) is 0 Å². The Kier molecular flexibility index (Phi) is 4.31. The van der Waals surface area contributed by atoms with Crippen molar-refractivity contribution in [3.63, 3.8) is 0 Å². The van der Waals surface area contributed by atoms with E-state index in [2.05, 4.69) is 37.1 Å². The topological polar surface area (TPSA) is 43.8 Å². The fourth-order valence-corrected chi connectivity index (χ4v) is 2.57. The Bertz CT molecular complexity index is 520. The molecule has 2 aromatic rings. The number of aryl methyl sites for hydroxylation is 1. The molecule has 0 spiro atoms. The van der Waals surface area contributed by atoms with Crippen molar-refractivity contribution in [3.8, 4) is 0 Å². The fourth-order valence-electron chi connectivity index (χ4n) is 1.78. The molecule has 0 radical (unpaired) electrons. The Morgan fingerprint density at radius 3 is 2.83 bits per heavy atom. The molecule has 0 saturated carbocycles. The Morgan fingerprint density at radius 2 is 2.11 bits per heavy atom. The minimum atomic E-state index is 0.741. The number of benzene rings is 1. The van der Waals surface area contributed by atoms with Crippen LogP contribution in [0.25, 0.3) is 0 Å². The number of nitrogens with two attached hydrogens (primary N) is 1. The van der Waals surface area contributed by atoms with Gasteiger partial charge in [0.05, 0.1) is 17.6 Å². The molecule has 1 aromatic heterocycles. The summed E-state index contributed by atoms with van der Waals surface area (Å²) < 4.78 is 1.88. The van der Waals surface area contributed by atoms with Crippen LogP contribution in [0.4, 0.5) is 5.82 Å². The summed E-state index contributed by atoms with van der Waals surface area (Å²) in [7, 11) is 0. The third-order valence-corrected chi connectivity index (χ3v) is 4.13. The Balaban J connectivity index is 2.15. The lowest BCUT2D eigenvalue weighted by atomic mass is 10.1. The summed E-state index contributed by atoms with van der Waals surface area (Å²) in [5, 5.41) is 4.38. The van der Waals surface area contributed by atoms with Crippen LogP contribution in [-0.2, 0) is 6.54 Å². The van der Waals surface area contributed by atoms with Crippen molar-refractivity contribution in [2.75, 3.05) is 11.5 Å². The highest BCUT2D eigenvalue weighted by atomic mass is 32.2. The van der Waals surface area contributed by atoms with Gasteiger partial charge in [0, 0.05) is 0 Å². The summed E-state index contributed by atoms with van der Waals surface area (Å²) in [6, 6.07) is 8.33. The van der Waals surface area contributed by atoms with Crippen LogP contribution in [-0.4, -0.2) is 15.5 Å². The van der Waals surface area contributed by atoms with E-state index in [0.29, 0.717) is 0 Å². The first-order chi connectivity index (χ1) is 8.72. The van der Waals surface area contributed by atoms with E-state index in [1.165, 1.54) is 11.1 Å². The molecule has 0 aliphatic heterocycles. The zero-order valence-electron chi connectivity index (χ0n) is 10.9. The van der Waals surface area contributed by atoms with Gasteiger partial charge in [-0.15, -0.1) is 11.8 Å². The van der Waals surface area contributed by atoms with Gasteiger partial charge in [-0.3, -0.25) is 0 Å². The number of nitrogens with zero attached hydrogens (tertiary/aromatic N) is 2. The Morgan fingerprint density at radius 1 is 1.33 bits per heavy atom. The Hall–Kier alpha value is -1.42. The summed E-state index contributed by atoms with van der Waals surface area (Å²) in [5.41, 5.74) is 8.66. The Labute approximate surface area is 112 Å². The lowest BCUT2D eigenvalue weighted by molar-refractivity contribution is 0.693. The molecule has 0 atom stereocenters. The summed E-state index contributed by atoms with van der Waals surface area (Å²) >= 11 is 1.77. The molecular weight excluding hydrogens is 242 g/mol. The zero-order valence-corrected chi connectivity index (χ0v) is 11.7. The molecule has 0 bridgehead atoms. The van der Waals surface area contributed by atoms with Gasteiger partial charge in [0.25, 0.3) is 0 Å². The van der Waals surface area contributed by atoms with Crippen molar-refractivity contribution in [2.45, 2.75) is 31.7 Å². The van der Waals surface area contributed by atoms with Crippen LogP contribution in [0, 0.1) is 6.92 Å². The van der Waals surface area contributed by atoms with Gasteiger partial charge in [0.15, 0.2) is 0 Å². The van der Waals surface area contributed by atoms with Crippen LogP contribution in [0.5, 0.6) is 0 Å². The van der Waals surface area contributed by atoms with Crippen molar-refractivity contribution >= 4 is 17.6 Å². The number of rotatable bonds is 5. The molecule has 1 heterocycles. The van der Waals surface area contributed by atoms with Gasteiger partial charge >= 0.3 is 0 Å². The number of hydrogen-bond acceptors (Lipinski definition) is 3. The predicted octanol–water partition coefficient (Wildman–Crippen LogP) is 3.32. The van der Waals surface area contributed by atoms with Gasteiger partial charge in [-0.2, -0.15) is 5.10 Å². The highest BCUT2D eigenvalue weighted by Gasteiger charge is 2.08. The minimum absolute atomic E-state index is 0.741. The molecule has 3 nitrogen and oxygen atoms in total. The SMILES string of the molecule is CCCSc1cnn(Cc2ccccc2C)c1N. The van der Waals surface area contributed by atoms with Crippen molar-refractivity contribution in [3.05, 3.63) is 41.6 Å². The molecule has 96 valence electrons. The van der Waals surface area contributed by atoms with Crippen molar-refractivity contribution < 1.29 is 0 Å². The molecule has 0 saturated heterocycles. The van der Waals surface area contributed by atoms with E-state index >= 15 is 0 Å². The van der Waals surface area contributed by atoms with E-state index < -0.39 is 0 Å². The number of thioether (sulfide) groups is 1. The van der Waals surface area contributed by atoms with Crippen LogP contribution < -0.4 is 5.73 Å². The van der Waals surface area contributed by atoms with E-state index in [1.807, 2.05) is 16.9 Å². The second-order valence-electron chi connectivity index (χ2n) is 4.33. The van der Waals surface area contributed by atoms with Gasteiger partial charge in [0.1, 0.15) is 5.82 Å². The second kappa shape index (κ2) is 5.96. The molecule has 18 heavy (non-hydrogen) atoms. The normalized spacial score (nSPS) is 10.8. The van der Waals surface area contributed by atoms with Gasteiger partial charge in [-0.05, 0) is 30.2 Å². The van der Waals surface area contributed by atoms with Crippen molar-refractivity contribution in [1.82, 2.24) is 9.78 Å². The molecule has 0 amide bonds. The summed E-state index contributed by atoms with van der Waals surface area (Å²) in [6.45, 7) is 5.02. The van der Waals surface area contributed by atoms with Crippen LogP contribution in [0.15, 0.2) is 35.4 Å². The average molecular weight is 261 g/mol. The van der Waals surface area contributed by atoms with Gasteiger partial charge < -0.3 is 5.73 Å². The monoisotopic (exact) mass is 261 g/mol.